The fourth-order valence-electron chi connectivity index (χ4n) is 1.91. The number of H-pyrrole nitrogens is 1. The maximum Gasteiger partial charge on any atom is 0.165 e. The SMILES string of the molecule is COc1ccc(C(C)NCCc2cnc[nH]2)cc1F. The summed E-state index contributed by atoms with van der Waals surface area (Å²) < 4.78 is 18.5. The van der Waals surface area contributed by atoms with Gasteiger partial charge >= 0.3 is 0 Å². The third kappa shape index (κ3) is 3.54. The average Bonchev–Trinajstić information content (AvgIpc) is 2.91. The van der Waals surface area contributed by atoms with E-state index < -0.39 is 0 Å². The highest BCUT2D eigenvalue weighted by Crippen LogP contribution is 2.21. The van der Waals surface area contributed by atoms with Crippen molar-refractivity contribution in [3.05, 3.63) is 47.8 Å². The smallest absolute Gasteiger partial charge is 0.165 e. The summed E-state index contributed by atoms with van der Waals surface area (Å²) in [5, 5.41) is 3.35. The number of halogens is 1. The molecule has 0 spiro atoms. The average molecular weight is 263 g/mol. The zero-order valence-corrected chi connectivity index (χ0v) is 11.1. The molecule has 0 radical (unpaired) electrons. The lowest BCUT2D eigenvalue weighted by Crippen LogP contribution is -2.21. The quantitative estimate of drug-likeness (QED) is 0.841. The number of methoxy groups -OCH3 is 1. The highest BCUT2D eigenvalue weighted by atomic mass is 19.1. The van der Waals surface area contributed by atoms with Crippen molar-refractivity contribution in [2.75, 3.05) is 13.7 Å². The third-order valence-corrected chi connectivity index (χ3v) is 3.08. The van der Waals surface area contributed by atoms with Crippen LogP contribution in [0.1, 0.15) is 24.2 Å². The number of hydrogen-bond donors (Lipinski definition) is 2. The molecule has 5 heteroatoms. The maximum atomic E-state index is 13.6. The molecule has 4 nitrogen and oxygen atoms in total. The van der Waals surface area contributed by atoms with Crippen LogP contribution in [0.2, 0.25) is 0 Å². The summed E-state index contributed by atoms with van der Waals surface area (Å²) in [5.41, 5.74) is 1.99. The number of rotatable bonds is 6. The minimum Gasteiger partial charge on any atom is -0.494 e. The molecule has 2 aromatic rings. The molecule has 1 heterocycles. The number of aromatic amines is 1. The Morgan fingerprint density at radius 1 is 1.47 bits per heavy atom. The molecule has 2 N–H and O–H groups in total. The fraction of sp³-hybridized carbons (Fsp3) is 0.357. The van der Waals surface area contributed by atoms with E-state index in [0.29, 0.717) is 0 Å². The minimum absolute atomic E-state index is 0.0864. The molecule has 2 rings (SSSR count). The summed E-state index contributed by atoms with van der Waals surface area (Å²) in [7, 11) is 1.46. The number of hydrogen-bond acceptors (Lipinski definition) is 3. The summed E-state index contributed by atoms with van der Waals surface area (Å²) in [4.78, 5) is 7.01. The van der Waals surface area contributed by atoms with Gasteiger partial charge in [-0.3, -0.25) is 0 Å². The van der Waals surface area contributed by atoms with Crippen molar-refractivity contribution in [2.45, 2.75) is 19.4 Å². The standard InChI is InChI=1S/C14H18FN3O/c1-10(17-6-5-12-8-16-9-18-12)11-3-4-14(19-2)13(15)7-11/h3-4,7-10,17H,5-6H2,1-2H3,(H,16,18). The Balaban J connectivity index is 1.88. The van der Waals surface area contributed by atoms with Gasteiger partial charge < -0.3 is 15.0 Å². The maximum absolute atomic E-state index is 13.6. The first-order valence-electron chi connectivity index (χ1n) is 6.24. The van der Waals surface area contributed by atoms with Crippen molar-refractivity contribution in [3.8, 4) is 5.75 Å². The summed E-state index contributed by atoms with van der Waals surface area (Å²) in [5.74, 6) is -0.0596. The molecule has 1 aromatic carbocycles. The zero-order chi connectivity index (χ0) is 13.7. The zero-order valence-electron chi connectivity index (χ0n) is 11.1. The number of ether oxygens (including phenoxy) is 1. The molecule has 0 aliphatic rings. The van der Waals surface area contributed by atoms with E-state index in [9.17, 15) is 4.39 Å². The van der Waals surface area contributed by atoms with E-state index in [1.807, 2.05) is 13.0 Å². The van der Waals surface area contributed by atoms with E-state index >= 15 is 0 Å². The van der Waals surface area contributed by atoms with E-state index in [0.717, 1.165) is 24.2 Å². The van der Waals surface area contributed by atoms with E-state index in [1.54, 1.807) is 18.6 Å². The molecular weight excluding hydrogens is 245 g/mol. The van der Waals surface area contributed by atoms with Gasteiger partial charge in [0.1, 0.15) is 0 Å². The van der Waals surface area contributed by atoms with E-state index in [-0.39, 0.29) is 17.6 Å². The Kier molecular flexibility index (Phi) is 4.52. The van der Waals surface area contributed by atoms with Gasteiger partial charge in [-0.1, -0.05) is 6.07 Å². The van der Waals surface area contributed by atoms with Crippen LogP contribution in [-0.2, 0) is 6.42 Å². The molecule has 102 valence electrons. The topological polar surface area (TPSA) is 49.9 Å². The molecule has 0 aliphatic carbocycles. The molecule has 0 amide bonds. The normalized spacial score (nSPS) is 12.4. The van der Waals surface area contributed by atoms with Crippen molar-refractivity contribution in [3.63, 3.8) is 0 Å². The first-order valence-corrected chi connectivity index (χ1v) is 6.24. The molecular formula is C14H18FN3O. The van der Waals surface area contributed by atoms with Gasteiger partial charge in [-0.2, -0.15) is 0 Å². The van der Waals surface area contributed by atoms with Gasteiger partial charge in [0.2, 0.25) is 0 Å². The van der Waals surface area contributed by atoms with Crippen molar-refractivity contribution in [1.29, 1.82) is 0 Å². The van der Waals surface area contributed by atoms with Crippen LogP contribution in [0.4, 0.5) is 4.39 Å². The second-order valence-corrected chi connectivity index (χ2v) is 4.40. The Morgan fingerprint density at radius 3 is 2.95 bits per heavy atom. The highest BCUT2D eigenvalue weighted by molar-refractivity contribution is 5.30. The predicted octanol–water partition coefficient (Wildman–Crippen LogP) is 2.45. The number of aromatic nitrogens is 2. The minimum atomic E-state index is -0.331. The second-order valence-electron chi connectivity index (χ2n) is 4.40. The molecule has 19 heavy (non-hydrogen) atoms. The van der Waals surface area contributed by atoms with E-state index in [1.165, 1.54) is 13.2 Å². The molecule has 0 saturated heterocycles. The van der Waals surface area contributed by atoms with Crippen LogP contribution in [0.3, 0.4) is 0 Å². The van der Waals surface area contributed by atoms with Gasteiger partial charge in [-0.15, -0.1) is 0 Å². The molecule has 0 saturated carbocycles. The fourth-order valence-corrected chi connectivity index (χ4v) is 1.91. The largest absolute Gasteiger partial charge is 0.494 e. The lowest BCUT2D eigenvalue weighted by molar-refractivity contribution is 0.385. The third-order valence-electron chi connectivity index (χ3n) is 3.08. The summed E-state index contributed by atoms with van der Waals surface area (Å²) in [6.45, 7) is 2.81. The molecule has 0 fully saturated rings. The first-order chi connectivity index (χ1) is 9.20. The Hall–Kier alpha value is -1.88. The number of nitrogens with zero attached hydrogens (tertiary/aromatic N) is 1. The van der Waals surface area contributed by atoms with Crippen LogP contribution >= 0.6 is 0 Å². The van der Waals surface area contributed by atoms with Gasteiger partial charge in [0.05, 0.1) is 13.4 Å². The molecule has 1 atom stereocenters. The predicted molar refractivity (Wildman–Crippen MR) is 71.7 cm³/mol. The van der Waals surface area contributed by atoms with Crippen LogP contribution in [0.15, 0.2) is 30.7 Å². The number of nitrogens with one attached hydrogen (secondary N) is 2. The van der Waals surface area contributed by atoms with Gasteiger partial charge in [0.25, 0.3) is 0 Å². The van der Waals surface area contributed by atoms with Crippen molar-refractivity contribution in [1.82, 2.24) is 15.3 Å². The summed E-state index contributed by atoms with van der Waals surface area (Å²) >= 11 is 0. The molecule has 0 bridgehead atoms. The Bertz CT molecular complexity index is 513. The number of imidazole rings is 1. The highest BCUT2D eigenvalue weighted by Gasteiger charge is 2.09. The lowest BCUT2D eigenvalue weighted by atomic mass is 10.1. The molecule has 0 aliphatic heterocycles. The molecule has 1 aromatic heterocycles. The van der Waals surface area contributed by atoms with Gasteiger partial charge in [-0.25, -0.2) is 9.37 Å². The van der Waals surface area contributed by atoms with Crippen molar-refractivity contribution < 1.29 is 9.13 Å². The number of benzene rings is 1. The second kappa shape index (κ2) is 6.33. The van der Waals surface area contributed by atoms with Crippen LogP contribution in [0.25, 0.3) is 0 Å². The van der Waals surface area contributed by atoms with Crippen LogP contribution in [0.5, 0.6) is 5.75 Å². The van der Waals surface area contributed by atoms with Crippen molar-refractivity contribution >= 4 is 0 Å². The monoisotopic (exact) mass is 263 g/mol. The van der Waals surface area contributed by atoms with Gasteiger partial charge in [0, 0.05) is 30.9 Å². The lowest BCUT2D eigenvalue weighted by Gasteiger charge is -2.14. The van der Waals surface area contributed by atoms with E-state index in [2.05, 4.69) is 15.3 Å². The van der Waals surface area contributed by atoms with Gasteiger partial charge in [0.15, 0.2) is 11.6 Å². The Morgan fingerprint density at radius 2 is 2.32 bits per heavy atom. The van der Waals surface area contributed by atoms with Crippen LogP contribution in [0, 0.1) is 5.82 Å². The summed E-state index contributed by atoms with van der Waals surface area (Å²) in [6, 6.07) is 5.11. The Labute approximate surface area is 112 Å². The van der Waals surface area contributed by atoms with E-state index in [4.69, 9.17) is 4.74 Å². The van der Waals surface area contributed by atoms with Crippen molar-refractivity contribution in [2.24, 2.45) is 0 Å². The van der Waals surface area contributed by atoms with Gasteiger partial charge in [-0.05, 0) is 24.6 Å². The first kappa shape index (κ1) is 13.5. The summed E-state index contributed by atoms with van der Waals surface area (Å²) in [6.07, 6.45) is 4.33. The molecule has 1 unspecified atom stereocenters. The van der Waals surface area contributed by atoms with Crippen LogP contribution in [-0.4, -0.2) is 23.6 Å². The van der Waals surface area contributed by atoms with Crippen LogP contribution < -0.4 is 10.1 Å².